The predicted molar refractivity (Wildman–Crippen MR) is 74.5 cm³/mol. The average Bonchev–Trinajstić information content (AvgIpc) is 2.25. The third kappa shape index (κ3) is 2.84. The smallest absolute Gasteiger partial charge is 0.0461 e. The van der Waals surface area contributed by atoms with Crippen molar-refractivity contribution in [3.8, 4) is 0 Å². The Balaban J connectivity index is 2.31. The lowest BCUT2D eigenvalue weighted by atomic mass is 10.0. The van der Waals surface area contributed by atoms with E-state index in [1.165, 1.54) is 0 Å². The monoisotopic (exact) mass is 266 g/mol. The number of nitrogen functional groups attached to an aromatic ring is 2. The molecule has 0 heterocycles. The molecule has 88 valence electrons. The molecule has 0 bridgehead atoms. The highest BCUT2D eigenvalue weighted by Crippen LogP contribution is 2.26. The quantitative estimate of drug-likeness (QED) is 0.814. The minimum atomic E-state index is 0.651. The molecular weight excluding hydrogens is 255 g/mol. The van der Waals surface area contributed by atoms with Gasteiger partial charge in [0, 0.05) is 27.8 Å². The van der Waals surface area contributed by atoms with Crippen LogP contribution < -0.4 is 11.5 Å². The lowest BCUT2D eigenvalue weighted by molar-refractivity contribution is 1.19. The van der Waals surface area contributed by atoms with Crippen molar-refractivity contribution in [2.75, 3.05) is 11.5 Å². The SMILES string of the molecule is Nc1ccc(Cc2ccc(N)cc2Cl)c(Cl)c1. The molecule has 17 heavy (non-hydrogen) atoms. The summed E-state index contributed by atoms with van der Waals surface area (Å²) in [5.74, 6) is 0. The van der Waals surface area contributed by atoms with Crippen LogP contribution in [-0.2, 0) is 6.42 Å². The molecule has 0 unspecified atom stereocenters. The van der Waals surface area contributed by atoms with Crippen molar-refractivity contribution in [2.45, 2.75) is 6.42 Å². The molecule has 4 N–H and O–H groups in total. The van der Waals surface area contributed by atoms with Crippen LogP contribution in [-0.4, -0.2) is 0 Å². The number of benzene rings is 2. The van der Waals surface area contributed by atoms with E-state index in [1.807, 2.05) is 24.3 Å². The van der Waals surface area contributed by atoms with E-state index in [9.17, 15) is 0 Å². The van der Waals surface area contributed by atoms with Gasteiger partial charge in [-0.05, 0) is 35.4 Å². The molecule has 2 aromatic rings. The molecule has 0 amide bonds. The summed E-state index contributed by atoms with van der Waals surface area (Å²) < 4.78 is 0. The van der Waals surface area contributed by atoms with Crippen LogP contribution in [0.15, 0.2) is 36.4 Å². The fourth-order valence-electron chi connectivity index (χ4n) is 1.62. The maximum absolute atomic E-state index is 6.12. The van der Waals surface area contributed by atoms with Crippen molar-refractivity contribution < 1.29 is 0 Å². The van der Waals surface area contributed by atoms with Gasteiger partial charge in [-0.15, -0.1) is 0 Å². The first-order valence-corrected chi connectivity index (χ1v) is 5.89. The Hall–Kier alpha value is -1.38. The van der Waals surface area contributed by atoms with Crippen LogP contribution in [0.3, 0.4) is 0 Å². The molecule has 0 atom stereocenters. The Morgan fingerprint density at radius 2 is 1.18 bits per heavy atom. The number of hydrogen-bond donors (Lipinski definition) is 2. The Kier molecular flexibility index (Phi) is 3.46. The molecule has 0 aliphatic carbocycles. The van der Waals surface area contributed by atoms with Gasteiger partial charge >= 0.3 is 0 Å². The van der Waals surface area contributed by atoms with E-state index in [0.29, 0.717) is 27.8 Å². The van der Waals surface area contributed by atoms with E-state index in [0.717, 1.165) is 11.1 Å². The molecule has 0 aromatic heterocycles. The molecule has 0 spiro atoms. The van der Waals surface area contributed by atoms with E-state index >= 15 is 0 Å². The third-order valence-electron chi connectivity index (χ3n) is 2.54. The first-order valence-electron chi connectivity index (χ1n) is 5.14. The zero-order chi connectivity index (χ0) is 12.4. The second-order valence-electron chi connectivity index (χ2n) is 3.88. The maximum atomic E-state index is 6.12. The highest BCUT2D eigenvalue weighted by atomic mass is 35.5. The highest BCUT2D eigenvalue weighted by Gasteiger charge is 2.06. The van der Waals surface area contributed by atoms with Crippen molar-refractivity contribution in [3.63, 3.8) is 0 Å². The molecule has 4 heteroatoms. The lowest BCUT2D eigenvalue weighted by Crippen LogP contribution is -1.94. The Morgan fingerprint density at radius 3 is 1.53 bits per heavy atom. The Bertz CT molecular complexity index is 504. The Labute approximate surface area is 110 Å². The summed E-state index contributed by atoms with van der Waals surface area (Å²) in [4.78, 5) is 0. The minimum Gasteiger partial charge on any atom is -0.399 e. The summed E-state index contributed by atoms with van der Waals surface area (Å²) in [5.41, 5.74) is 14.6. The molecule has 0 saturated carbocycles. The fraction of sp³-hybridized carbons (Fsp3) is 0.0769. The standard InChI is InChI=1S/C13H12Cl2N2/c14-12-6-10(16)3-1-8(12)5-9-2-4-11(17)7-13(9)15/h1-4,6-7H,5,16-17H2. The van der Waals surface area contributed by atoms with Crippen molar-refractivity contribution in [1.29, 1.82) is 0 Å². The van der Waals surface area contributed by atoms with Crippen LogP contribution in [0.1, 0.15) is 11.1 Å². The van der Waals surface area contributed by atoms with Crippen LogP contribution in [0.25, 0.3) is 0 Å². The summed E-state index contributed by atoms with van der Waals surface area (Å²) in [6.45, 7) is 0. The van der Waals surface area contributed by atoms with Crippen molar-refractivity contribution >= 4 is 34.6 Å². The van der Waals surface area contributed by atoms with Crippen LogP contribution in [0.4, 0.5) is 11.4 Å². The summed E-state index contributed by atoms with van der Waals surface area (Å²) in [6, 6.07) is 10.9. The first kappa shape index (κ1) is 12.1. The van der Waals surface area contributed by atoms with E-state index in [4.69, 9.17) is 34.7 Å². The van der Waals surface area contributed by atoms with E-state index in [1.54, 1.807) is 12.1 Å². The largest absolute Gasteiger partial charge is 0.399 e. The molecule has 2 nitrogen and oxygen atoms in total. The van der Waals surface area contributed by atoms with Gasteiger partial charge in [0.05, 0.1) is 0 Å². The fourth-order valence-corrected chi connectivity index (χ4v) is 2.13. The zero-order valence-electron chi connectivity index (χ0n) is 9.08. The van der Waals surface area contributed by atoms with E-state index < -0.39 is 0 Å². The third-order valence-corrected chi connectivity index (χ3v) is 3.24. The van der Waals surface area contributed by atoms with Gasteiger partial charge in [0.2, 0.25) is 0 Å². The van der Waals surface area contributed by atoms with Crippen LogP contribution >= 0.6 is 23.2 Å². The van der Waals surface area contributed by atoms with Crippen LogP contribution in [0, 0.1) is 0 Å². The van der Waals surface area contributed by atoms with Gasteiger partial charge in [-0.1, -0.05) is 35.3 Å². The topological polar surface area (TPSA) is 52.0 Å². The summed E-state index contributed by atoms with van der Waals surface area (Å²) in [5, 5.41) is 1.30. The lowest BCUT2D eigenvalue weighted by Gasteiger charge is -2.08. The molecule has 2 rings (SSSR count). The second-order valence-corrected chi connectivity index (χ2v) is 4.69. The summed E-state index contributed by atoms with van der Waals surface area (Å²) in [6.07, 6.45) is 0.665. The van der Waals surface area contributed by atoms with Crippen molar-refractivity contribution in [1.82, 2.24) is 0 Å². The molecular formula is C13H12Cl2N2. The number of anilines is 2. The van der Waals surface area contributed by atoms with E-state index in [-0.39, 0.29) is 0 Å². The van der Waals surface area contributed by atoms with Gasteiger partial charge in [0.25, 0.3) is 0 Å². The van der Waals surface area contributed by atoms with Crippen molar-refractivity contribution in [3.05, 3.63) is 57.6 Å². The number of halogens is 2. The van der Waals surface area contributed by atoms with Gasteiger partial charge < -0.3 is 11.5 Å². The zero-order valence-corrected chi connectivity index (χ0v) is 10.6. The van der Waals surface area contributed by atoms with Gasteiger partial charge in [0.15, 0.2) is 0 Å². The van der Waals surface area contributed by atoms with E-state index in [2.05, 4.69) is 0 Å². The number of nitrogens with two attached hydrogens (primary N) is 2. The molecule has 0 aliphatic heterocycles. The second kappa shape index (κ2) is 4.86. The first-order chi connectivity index (χ1) is 8.06. The number of rotatable bonds is 2. The Morgan fingerprint density at radius 1 is 0.765 bits per heavy atom. The van der Waals surface area contributed by atoms with Gasteiger partial charge in [-0.25, -0.2) is 0 Å². The average molecular weight is 267 g/mol. The van der Waals surface area contributed by atoms with Gasteiger partial charge in [-0.3, -0.25) is 0 Å². The van der Waals surface area contributed by atoms with Gasteiger partial charge in [0.1, 0.15) is 0 Å². The minimum absolute atomic E-state index is 0.651. The number of hydrogen-bond acceptors (Lipinski definition) is 2. The van der Waals surface area contributed by atoms with Crippen LogP contribution in [0.5, 0.6) is 0 Å². The van der Waals surface area contributed by atoms with Crippen LogP contribution in [0.2, 0.25) is 10.0 Å². The molecule has 0 fully saturated rings. The highest BCUT2D eigenvalue weighted by molar-refractivity contribution is 6.32. The normalized spacial score (nSPS) is 10.5. The van der Waals surface area contributed by atoms with Gasteiger partial charge in [-0.2, -0.15) is 0 Å². The summed E-state index contributed by atoms with van der Waals surface area (Å²) in [7, 11) is 0. The summed E-state index contributed by atoms with van der Waals surface area (Å²) >= 11 is 12.2. The molecule has 0 radical (unpaired) electrons. The predicted octanol–water partition coefficient (Wildman–Crippen LogP) is 3.75. The molecule has 0 aliphatic rings. The maximum Gasteiger partial charge on any atom is 0.0461 e. The molecule has 2 aromatic carbocycles. The molecule has 0 saturated heterocycles. The van der Waals surface area contributed by atoms with Crippen molar-refractivity contribution in [2.24, 2.45) is 0 Å².